The predicted octanol–water partition coefficient (Wildman–Crippen LogP) is 5.04. The summed E-state index contributed by atoms with van der Waals surface area (Å²) < 4.78 is 15.1. The standard InChI is InChI=1S/C23H26ClFN4O/c1-13-6-4-5-7-21(13)28-23(30)19-12-26-29-15(3)18(14(2)27-22(19)29)10-16-8-9-17(25)11-20(16)24/h8-9,11-13,21H,4-7,10H2,1-3H3,(H,28,30)/t13-,21-/m0/s1. The summed E-state index contributed by atoms with van der Waals surface area (Å²) in [7, 11) is 0. The summed E-state index contributed by atoms with van der Waals surface area (Å²) in [6, 6.07) is 4.60. The number of fused-ring (bicyclic) bond motifs is 1. The number of halogens is 2. The molecule has 7 heteroatoms. The Labute approximate surface area is 180 Å². The highest BCUT2D eigenvalue weighted by Gasteiger charge is 2.25. The van der Waals surface area contributed by atoms with Crippen molar-refractivity contribution in [1.29, 1.82) is 0 Å². The third-order valence-corrected chi connectivity index (χ3v) is 6.62. The van der Waals surface area contributed by atoms with Crippen LogP contribution in [0.15, 0.2) is 24.4 Å². The third-order valence-electron chi connectivity index (χ3n) is 6.26. The van der Waals surface area contributed by atoms with E-state index < -0.39 is 0 Å². The van der Waals surface area contributed by atoms with Crippen molar-refractivity contribution in [2.75, 3.05) is 0 Å². The Morgan fingerprint density at radius 1 is 1.30 bits per heavy atom. The Kier molecular flexibility index (Phi) is 5.78. The molecule has 30 heavy (non-hydrogen) atoms. The largest absolute Gasteiger partial charge is 0.349 e. The van der Waals surface area contributed by atoms with Gasteiger partial charge in [0, 0.05) is 28.9 Å². The molecule has 4 rings (SSSR count). The summed E-state index contributed by atoms with van der Waals surface area (Å²) in [5.74, 6) is -0.00167. The van der Waals surface area contributed by atoms with Crippen LogP contribution in [-0.2, 0) is 6.42 Å². The van der Waals surface area contributed by atoms with Gasteiger partial charge in [0.15, 0.2) is 5.65 Å². The SMILES string of the molecule is Cc1nc2c(C(=O)N[C@H]3CCCC[C@@H]3C)cnn2c(C)c1Cc1ccc(F)cc1Cl. The van der Waals surface area contributed by atoms with Gasteiger partial charge in [-0.3, -0.25) is 4.79 Å². The highest BCUT2D eigenvalue weighted by atomic mass is 35.5. The van der Waals surface area contributed by atoms with Crippen molar-refractivity contribution in [3.63, 3.8) is 0 Å². The minimum atomic E-state index is -0.360. The van der Waals surface area contributed by atoms with Crippen LogP contribution < -0.4 is 5.32 Å². The van der Waals surface area contributed by atoms with Crippen molar-refractivity contribution in [3.05, 3.63) is 63.3 Å². The molecule has 2 atom stereocenters. The zero-order valence-corrected chi connectivity index (χ0v) is 18.3. The maximum absolute atomic E-state index is 13.4. The molecule has 1 amide bonds. The molecule has 0 bridgehead atoms. The van der Waals surface area contributed by atoms with E-state index in [1.54, 1.807) is 16.8 Å². The Morgan fingerprint density at radius 3 is 2.80 bits per heavy atom. The van der Waals surface area contributed by atoms with Crippen molar-refractivity contribution >= 4 is 23.2 Å². The normalized spacial score (nSPS) is 19.2. The molecule has 0 aliphatic heterocycles. The van der Waals surface area contributed by atoms with E-state index in [1.165, 1.54) is 18.6 Å². The fourth-order valence-electron chi connectivity index (χ4n) is 4.36. The molecule has 0 radical (unpaired) electrons. The van der Waals surface area contributed by atoms with Gasteiger partial charge in [0.1, 0.15) is 11.4 Å². The first kappa shape index (κ1) is 20.8. The number of aromatic nitrogens is 3. The number of nitrogens with one attached hydrogen (secondary N) is 1. The summed E-state index contributed by atoms with van der Waals surface area (Å²) in [6.07, 6.45) is 6.64. The molecule has 1 N–H and O–H groups in total. The van der Waals surface area contributed by atoms with Gasteiger partial charge in [-0.2, -0.15) is 5.10 Å². The number of carbonyl (C=O) groups is 1. The van der Waals surface area contributed by atoms with Gasteiger partial charge in [0.25, 0.3) is 5.91 Å². The van der Waals surface area contributed by atoms with Gasteiger partial charge in [-0.15, -0.1) is 0 Å². The average molecular weight is 429 g/mol. The molecular weight excluding hydrogens is 403 g/mol. The Bertz CT molecular complexity index is 1110. The zero-order valence-electron chi connectivity index (χ0n) is 17.5. The first-order valence-corrected chi connectivity index (χ1v) is 10.8. The highest BCUT2D eigenvalue weighted by molar-refractivity contribution is 6.31. The van der Waals surface area contributed by atoms with E-state index in [-0.39, 0.29) is 17.8 Å². The van der Waals surface area contributed by atoms with Crippen LogP contribution in [0.4, 0.5) is 4.39 Å². The molecule has 3 aromatic rings. The number of rotatable bonds is 4. The first-order valence-electron chi connectivity index (χ1n) is 10.4. The second-order valence-electron chi connectivity index (χ2n) is 8.31. The van der Waals surface area contributed by atoms with Crippen molar-refractivity contribution in [3.8, 4) is 0 Å². The van der Waals surface area contributed by atoms with E-state index in [0.717, 1.165) is 41.8 Å². The van der Waals surface area contributed by atoms with Gasteiger partial charge in [0.05, 0.1) is 6.20 Å². The molecule has 1 saturated carbocycles. The molecular formula is C23H26ClFN4O. The van der Waals surface area contributed by atoms with Crippen LogP contribution in [0.1, 0.15) is 65.5 Å². The topological polar surface area (TPSA) is 59.3 Å². The first-order chi connectivity index (χ1) is 14.3. The molecule has 1 aliphatic carbocycles. The van der Waals surface area contributed by atoms with E-state index in [2.05, 4.69) is 17.3 Å². The van der Waals surface area contributed by atoms with Crippen LogP contribution in [0, 0.1) is 25.6 Å². The molecule has 158 valence electrons. The lowest BCUT2D eigenvalue weighted by Gasteiger charge is -2.29. The smallest absolute Gasteiger partial charge is 0.256 e. The van der Waals surface area contributed by atoms with Gasteiger partial charge >= 0.3 is 0 Å². The van der Waals surface area contributed by atoms with Crippen LogP contribution in [0.25, 0.3) is 5.65 Å². The Morgan fingerprint density at radius 2 is 2.07 bits per heavy atom. The minimum absolute atomic E-state index is 0.121. The van der Waals surface area contributed by atoms with Crippen LogP contribution in [0.3, 0.4) is 0 Å². The van der Waals surface area contributed by atoms with E-state index in [1.807, 2.05) is 13.8 Å². The second kappa shape index (κ2) is 8.34. The number of nitrogens with zero attached hydrogens (tertiary/aromatic N) is 3. The number of carbonyl (C=O) groups excluding carboxylic acids is 1. The Balaban J connectivity index is 1.65. The number of hydrogen-bond donors (Lipinski definition) is 1. The lowest BCUT2D eigenvalue weighted by Crippen LogP contribution is -2.41. The molecule has 0 spiro atoms. The summed E-state index contributed by atoms with van der Waals surface area (Å²) in [6.45, 7) is 6.06. The molecule has 2 aromatic heterocycles. The molecule has 0 saturated heterocycles. The van der Waals surface area contributed by atoms with E-state index in [9.17, 15) is 9.18 Å². The van der Waals surface area contributed by atoms with Gasteiger partial charge < -0.3 is 5.32 Å². The van der Waals surface area contributed by atoms with E-state index >= 15 is 0 Å². The maximum Gasteiger partial charge on any atom is 0.256 e. The van der Waals surface area contributed by atoms with Gasteiger partial charge in [-0.25, -0.2) is 13.9 Å². The van der Waals surface area contributed by atoms with Crippen LogP contribution in [-0.4, -0.2) is 26.5 Å². The summed E-state index contributed by atoms with van der Waals surface area (Å²) >= 11 is 6.22. The molecule has 0 unspecified atom stereocenters. The Hall–Kier alpha value is -2.47. The molecule has 1 aliphatic rings. The number of aryl methyl sites for hydroxylation is 2. The van der Waals surface area contributed by atoms with E-state index in [4.69, 9.17) is 16.6 Å². The number of hydrogen-bond acceptors (Lipinski definition) is 3. The lowest BCUT2D eigenvalue weighted by molar-refractivity contribution is 0.0911. The van der Waals surface area contributed by atoms with Crippen LogP contribution in [0.5, 0.6) is 0 Å². The van der Waals surface area contributed by atoms with Gasteiger partial charge in [0.2, 0.25) is 0 Å². The predicted molar refractivity (Wildman–Crippen MR) is 116 cm³/mol. The quantitative estimate of drug-likeness (QED) is 0.633. The van der Waals surface area contributed by atoms with Gasteiger partial charge in [-0.05, 0) is 55.9 Å². The molecule has 1 fully saturated rings. The molecule has 2 heterocycles. The fourth-order valence-corrected chi connectivity index (χ4v) is 4.59. The van der Waals surface area contributed by atoms with Crippen molar-refractivity contribution in [2.24, 2.45) is 5.92 Å². The minimum Gasteiger partial charge on any atom is -0.349 e. The van der Waals surface area contributed by atoms with Gasteiger partial charge in [-0.1, -0.05) is 37.4 Å². The van der Waals surface area contributed by atoms with Crippen molar-refractivity contribution in [1.82, 2.24) is 19.9 Å². The second-order valence-corrected chi connectivity index (χ2v) is 8.72. The molecule has 5 nitrogen and oxygen atoms in total. The average Bonchev–Trinajstić information content (AvgIpc) is 3.12. The summed E-state index contributed by atoms with van der Waals surface area (Å²) in [4.78, 5) is 17.6. The highest BCUT2D eigenvalue weighted by Crippen LogP contribution is 2.26. The third kappa shape index (κ3) is 3.93. The molecule has 1 aromatic carbocycles. The number of amides is 1. The lowest BCUT2D eigenvalue weighted by atomic mass is 9.86. The monoisotopic (exact) mass is 428 g/mol. The van der Waals surface area contributed by atoms with Crippen LogP contribution in [0.2, 0.25) is 5.02 Å². The fraction of sp³-hybridized carbons (Fsp3) is 0.435. The summed E-state index contributed by atoms with van der Waals surface area (Å²) in [5.41, 5.74) is 4.53. The zero-order chi connectivity index (χ0) is 21.4. The summed E-state index contributed by atoms with van der Waals surface area (Å²) in [5, 5.41) is 8.00. The maximum atomic E-state index is 13.4. The van der Waals surface area contributed by atoms with E-state index in [0.29, 0.717) is 28.6 Å². The van der Waals surface area contributed by atoms with Crippen molar-refractivity contribution in [2.45, 2.75) is 58.9 Å². The van der Waals surface area contributed by atoms with Crippen molar-refractivity contribution < 1.29 is 9.18 Å². The van der Waals surface area contributed by atoms with Crippen LogP contribution >= 0.6 is 11.6 Å². The number of benzene rings is 1.